The van der Waals surface area contributed by atoms with Crippen molar-refractivity contribution in [3.63, 3.8) is 0 Å². The Hall–Kier alpha value is -2.00. The SMILES string of the molecule is CC[C@@H](Oc1ccccc1Cl)C(=O)NCc1ccccc1. The van der Waals surface area contributed by atoms with Gasteiger partial charge in [-0.05, 0) is 24.1 Å². The summed E-state index contributed by atoms with van der Waals surface area (Å²) >= 11 is 6.05. The third-order valence-electron chi connectivity index (χ3n) is 3.08. The van der Waals surface area contributed by atoms with Gasteiger partial charge in [0, 0.05) is 6.54 Å². The van der Waals surface area contributed by atoms with Crippen molar-refractivity contribution in [2.75, 3.05) is 0 Å². The normalized spacial score (nSPS) is 11.7. The van der Waals surface area contributed by atoms with Crippen LogP contribution in [0.3, 0.4) is 0 Å². The molecule has 0 aliphatic heterocycles. The van der Waals surface area contributed by atoms with Gasteiger partial charge in [0.25, 0.3) is 5.91 Å². The number of benzene rings is 2. The predicted molar refractivity (Wildman–Crippen MR) is 84.4 cm³/mol. The molecule has 0 heterocycles. The lowest BCUT2D eigenvalue weighted by molar-refractivity contribution is -0.128. The maximum absolute atomic E-state index is 12.2. The molecule has 1 atom stereocenters. The number of hydrogen-bond acceptors (Lipinski definition) is 2. The summed E-state index contributed by atoms with van der Waals surface area (Å²) in [7, 11) is 0. The molecule has 21 heavy (non-hydrogen) atoms. The molecular formula is C17H18ClNO2. The fourth-order valence-electron chi connectivity index (χ4n) is 1.91. The number of hydrogen-bond donors (Lipinski definition) is 1. The van der Waals surface area contributed by atoms with E-state index >= 15 is 0 Å². The average molecular weight is 304 g/mol. The van der Waals surface area contributed by atoms with Crippen molar-refractivity contribution < 1.29 is 9.53 Å². The van der Waals surface area contributed by atoms with Crippen molar-refractivity contribution in [1.29, 1.82) is 0 Å². The summed E-state index contributed by atoms with van der Waals surface area (Å²) in [4.78, 5) is 12.2. The highest BCUT2D eigenvalue weighted by molar-refractivity contribution is 6.32. The minimum absolute atomic E-state index is 0.138. The van der Waals surface area contributed by atoms with Gasteiger partial charge in [0.1, 0.15) is 5.75 Å². The van der Waals surface area contributed by atoms with Gasteiger partial charge in [-0.15, -0.1) is 0 Å². The molecule has 0 spiro atoms. The van der Waals surface area contributed by atoms with Crippen molar-refractivity contribution in [2.24, 2.45) is 0 Å². The van der Waals surface area contributed by atoms with Gasteiger partial charge in [0.2, 0.25) is 0 Å². The molecule has 110 valence electrons. The summed E-state index contributed by atoms with van der Waals surface area (Å²) in [5.41, 5.74) is 1.05. The van der Waals surface area contributed by atoms with E-state index in [4.69, 9.17) is 16.3 Å². The fraction of sp³-hybridized carbons (Fsp3) is 0.235. The fourth-order valence-corrected chi connectivity index (χ4v) is 2.09. The molecule has 2 aromatic carbocycles. The highest BCUT2D eigenvalue weighted by Gasteiger charge is 2.18. The number of halogens is 1. The van der Waals surface area contributed by atoms with Crippen LogP contribution in [0.1, 0.15) is 18.9 Å². The first-order valence-corrected chi connectivity index (χ1v) is 7.31. The van der Waals surface area contributed by atoms with E-state index in [1.165, 1.54) is 0 Å². The van der Waals surface area contributed by atoms with Crippen LogP contribution in [-0.4, -0.2) is 12.0 Å². The standard InChI is InChI=1S/C17H18ClNO2/c1-2-15(21-16-11-7-6-10-14(16)18)17(20)19-12-13-8-4-3-5-9-13/h3-11,15H,2,12H2,1H3,(H,19,20)/t15-/m1/s1. The summed E-state index contributed by atoms with van der Waals surface area (Å²) in [6.07, 6.45) is 0.0277. The van der Waals surface area contributed by atoms with Crippen molar-refractivity contribution in [3.05, 3.63) is 65.2 Å². The van der Waals surface area contributed by atoms with Crippen molar-refractivity contribution in [2.45, 2.75) is 26.0 Å². The zero-order valence-electron chi connectivity index (χ0n) is 11.9. The quantitative estimate of drug-likeness (QED) is 0.881. The molecule has 0 radical (unpaired) electrons. The van der Waals surface area contributed by atoms with Gasteiger partial charge in [-0.3, -0.25) is 4.79 Å². The number of ether oxygens (including phenoxy) is 1. The van der Waals surface area contributed by atoms with Crippen LogP contribution in [0.5, 0.6) is 5.75 Å². The summed E-state index contributed by atoms with van der Waals surface area (Å²) < 4.78 is 5.70. The van der Waals surface area contributed by atoms with Crippen molar-refractivity contribution in [3.8, 4) is 5.75 Å². The highest BCUT2D eigenvalue weighted by Crippen LogP contribution is 2.24. The molecule has 0 aliphatic carbocycles. The van der Waals surface area contributed by atoms with Crippen LogP contribution in [0.15, 0.2) is 54.6 Å². The van der Waals surface area contributed by atoms with Gasteiger partial charge in [0.15, 0.2) is 6.10 Å². The van der Waals surface area contributed by atoms with Gasteiger partial charge in [-0.25, -0.2) is 0 Å². The van der Waals surface area contributed by atoms with E-state index < -0.39 is 6.10 Å². The van der Waals surface area contributed by atoms with Crippen molar-refractivity contribution in [1.82, 2.24) is 5.32 Å². The van der Waals surface area contributed by atoms with Gasteiger partial charge in [-0.1, -0.05) is 61.0 Å². The van der Waals surface area contributed by atoms with Crippen LogP contribution in [-0.2, 0) is 11.3 Å². The monoisotopic (exact) mass is 303 g/mol. The van der Waals surface area contributed by atoms with E-state index in [-0.39, 0.29) is 5.91 Å². The second-order valence-electron chi connectivity index (χ2n) is 4.65. The first-order valence-electron chi connectivity index (χ1n) is 6.93. The molecule has 0 aromatic heterocycles. The first kappa shape index (κ1) is 15.4. The first-order chi connectivity index (χ1) is 10.2. The number of carbonyl (C=O) groups is 1. The molecule has 2 rings (SSSR count). The molecule has 1 amide bonds. The molecule has 0 bridgehead atoms. The molecule has 2 aromatic rings. The third-order valence-corrected chi connectivity index (χ3v) is 3.39. The summed E-state index contributed by atoms with van der Waals surface area (Å²) in [6, 6.07) is 16.9. The third kappa shape index (κ3) is 4.50. The molecule has 0 fully saturated rings. The molecule has 4 heteroatoms. The summed E-state index contributed by atoms with van der Waals surface area (Å²) in [6.45, 7) is 2.39. The Morgan fingerprint density at radius 2 is 1.81 bits per heavy atom. The molecule has 0 unspecified atom stereocenters. The Balaban J connectivity index is 1.94. The predicted octanol–water partition coefficient (Wildman–Crippen LogP) is 3.81. The van der Waals surface area contributed by atoms with Crippen molar-refractivity contribution >= 4 is 17.5 Å². The number of rotatable bonds is 6. The van der Waals surface area contributed by atoms with E-state index in [2.05, 4.69) is 5.32 Å². The zero-order chi connectivity index (χ0) is 15.1. The summed E-state index contributed by atoms with van der Waals surface area (Å²) in [5.74, 6) is 0.391. The maximum atomic E-state index is 12.2. The number of amides is 1. The maximum Gasteiger partial charge on any atom is 0.261 e. The van der Waals surface area contributed by atoms with E-state index in [9.17, 15) is 4.79 Å². The molecular weight excluding hydrogens is 286 g/mol. The molecule has 1 N–H and O–H groups in total. The Labute approximate surface area is 129 Å². The Morgan fingerprint density at radius 1 is 1.14 bits per heavy atom. The lowest BCUT2D eigenvalue weighted by Crippen LogP contribution is -2.37. The van der Waals surface area contributed by atoms with Crippen LogP contribution in [0, 0.1) is 0 Å². The molecule has 0 aliphatic rings. The number of para-hydroxylation sites is 1. The van der Waals surface area contributed by atoms with E-state index in [1.807, 2.05) is 49.4 Å². The lowest BCUT2D eigenvalue weighted by Gasteiger charge is -2.18. The second kappa shape index (κ2) is 7.70. The average Bonchev–Trinajstić information content (AvgIpc) is 2.53. The van der Waals surface area contributed by atoms with Crippen LogP contribution in [0.25, 0.3) is 0 Å². The largest absolute Gasteiger partial charge is 0.479 e. The second-order valence-corrected chi connectivity index (χ2v) is 5.06. The lowest BCUT2D eigenvalue weighted by atomic mass is 10.2. The number of nitrogens with one attached hydrogen (secondary N) is 1. The molecule has 0 saturated heterocycles. The summed E-state index contributed by atoms with van der Waals surface area (Å²) in [5, 5.41) is 3.39. The van der Waals surface area contributed by atoms with Crippen LogP contribution < -0.4 is 10.1 Å². The Bertz CT molecular complexity index is 586. The topological polar surface area (TPSA) is 38.3 Å². The van der Waals surface area contributed by atoms with Gasteiger partial charge in [-0.2, -0.15) is 0 Å². The van der Waals surface area contributed by atoms with Crippen LogP contribution >= 0.6 is 11.6 Å². The van der Waals surface area contributed by atoms with Gasteiger partial charge in [0.05, 0.1) is 5.02 Å². The highest BCUT2D eigenvalue weighted by atomic mass is 35.5. The minimum atomic E-state index is -0.548. The Kier molecular flexibility index (Phi) is 5.64. The zero-order valence-corrected chi connectivity index (χ0v) is 12.6. The van der Waals surface area contributed by atoms with Crippen LogP contribution in [0.4, 0.5) is 0 Å². The smallest absolute Gasteiger partial charge is 0.261 e. The van der Waals surface area contributed by atoms with Gasteiger partial charge < -0.3 is 10.1 Å². The Morgan fingerprint density at radius 3 is 2.48 bits per heavy atom. The van der Waals surface area contributed by atoms with Crippen LogP contribution in [0.2, 0.25) is 5.02 Å². The molecule has 0 saturated carbocycles. The number of carbonyl (C=O) groups excluding carboxylic acids is 1. The van der Waals surface area contributed by atoms with E-state index in [1.54, 1.807) is 12.1 Å². The minimum Gasteiger partial charge on any atom is -0.479 e. The van der Waals surface area contributed by atoms with Gasteiger partial charge >= 0.3 is 0 Å². The van der Waals surface area contributed by atoms with E-state index in [0.29, 0.717) is 23.7 Å². The van der Waals surface area contributed by atoms with E-state index in [0.717, 1.165) is 5.56 Å². The molecule has 3 nitrogen and oxygen atoms in total.